The maximum atomic E-state index is 12.5. The Morgan fingerprint density at radius 3 is 2.35 bits per heavy atom. The van der Waals surface area contributed by atoms with Gasteiger partial charge in [0.25, 0.3) is 11.6 Å². The summed E-state index contributed by atoms with van der Waals surface area (Å²) in [4.78, 5) is 22.7. The van der Waals surface area contributed by atoms with E-state index in [1.165, 1.54) is 17.1 Å². The fraction of sp³-hybridized carbons (Fsp3) is 0.0588. The molecule has 1 heterocycles. The van der Waals surface area contributed by atoms with E-state index in [4.69, 9.17) is 0 Å². The number of hydrogen-bond donors (Lipinski definition) is 0. The lowest BCUT2D eigenvalue weighted by atomic mass is 10.1. The summed E-state index contributed by atoms with van der Waals surface area (Å²) in [7, 11) is 0. The van der Waals surface area contributed by atoms with Crippen molar-refractivity contribution < 1.29 is 9.72 Å². The average Bonchev–Trinajstić information content (AvgIpc) is 2.84. The minimum Gasteiger partial charge on any atom is -0.267 e. The van der Waals surface area contributed by atoms with Gasteiger partial charge in [0.15, 0.2) is 0 Å². The molecule has 6 nitrogen and oxygen atoms in total. The molecule has 0 atom stereocenters. The summed E-state index contributed by atoms with van der Waals surface area (Å²) >= 11 is 0. The first-order valence-electron chi connectivity index (χ1n) is 6.97. The molecular formula is C17H13N3O3. The van der Waals surface area contributed by atoms with Crippen molar-refractivity contribution in [1.29, 1.82) is 0 Å². The lowest BCUT2D eigenvalue weighted by molar-refractivity contribution is -0.384. The van der Waals surface area contributed by atoms with Gasteiger partial charge in [-0.2, -0.15) is 10.1 Å². The summed E-state index contributed by atoms with van der Waals surface area (Å²) in [5.74, 6) is -0.216. The second kappa shape index (κ2) is 5.84. The van der Waals surface area contributed by atoms with Gasteiger partial charge in [-0.05, 0) is 42.8 Å². The second-order valence-electron chi connectivity index (χ2n) is 5.04. The minimum atomic E-state index is -0.457. The molecule has 1 aliphatic rings. The first kappa shape index (κ1) is 14.6. The van der Waals surface area contributed by atoms with Crippen LogP contribution in [0.1, 0.15) is 12.5 Å². The number of benzene rings is 2. The molecule has 2 aromatic carbocycles. The van der Waals surface area contributed by atoms with Crippen molar-refractivity contribution in [1.82, 2.24) is 0 Å². The third kappa shape index (κ3) is 2.87. The molecule has 1 amide bonds. The predicted molar refractivity (Wildman–Crippen MR) is 88.1 cm³/mol. The fourth-order valence-corrected chi connectivity index (χ4v) is 2.29. The number of rotatable bonds is 3. The molecule has 0 unspecified atom stereocenters. The maximum absolute atomic E-state index is 12.5. The van der Waals surface area contributed by atoms with Crippen LogP contribution in [0.5, 0.6) is 0 Å². The van der Waals surface area contributed by atoms with E-state index in [2.05, 4.69) is 5.10 Å². The predicted octanol–water partition coefficient (Wildman–Crippen LogP) is 3.40. The van der Waals surface area contributed by atoms with Gasteiger partial charge in [-0.3, -0.25) is 14.9 Å². The largest absolute Gasteiger partial charge is 0.280 e. The van der Waals surface area contributed by atoms with Crippen LogP contribution in [0.2, 0.25) is 0 Å². The highest BCUT2D eigenvalue weighted by atomic mass is 16.6. The molecule has 3 rings (SSSR count). The van der Waals surface area contributed by atoms with Gasteiger partial charge in [-0.25, -0.2) is 0 Å². The molecule has 0 saturated heterocycles. The molecule has 6 heteroatoms. The molecule has 2 aromatic rings. The Morgan fingerprint density at radius 1 is 1.09 bits per heavy atom. The summed E-state index contributed by atoms with van der Waals surface area (Å²) in [5.41, 5.74) is 2.51. The average molecular weight is 307 g/mol. The van der Waals surface area contributed by atoms with E-state index in [-0.39, 0.29) is 11.6 Å². The van der Waals surface area contributed by atoms with E-state index in [9.17, 15) is 14.9 Å². The molecule has 0 saturated carbocycles. The van der Waals surface area contributed by atoms with Crippen LogP contribution in [0, 0.1) is 10.1 Å². The van der Waals surface area contributed by atoms with E-state index < -0.39 is 4.92 Å². The SMILES string of the molecule is CC1=NN(c2ccccc2)C(=O)/C1=C/c1ccc([N+](=O)[O-])cc1. The van der Waals surface area contributed by atoms with E-state index in [0.29, 0.717) is 22.5 Å². The number of nitrogens with zero attached hydrogens (tertiary/aromatic N) is 3. The summed E-state index contributed by atoms with van der Waals surface area (Å²) in [6, 6.07) is 15.2. The van der Waals surface area contributed by atoms with Crippen LogP contribution >= 0.6 is 0 Å². The highest BCUT2D eigenvalue weighted by Gasteiger charge is 2.28. The van der Waals surface area contributed by atoms with Gasteiger partial charge in [0.1, 0.15) is 0 Å². The molecule has 0 aliphatic carbocycles. The van der Waals surface area contributed by atoms with Crippen molar-refractivity contribution in [3.63, 3.8) is 0 Å². The normalized spacial score (nSPS) is 15.9. The number of para-hydroxylation sites is 1. The third-order valence-corrected chi connectivity index (χ3v) is 3.48. The molecular weight excluding hydrogens is 294 g/mol. The van der Waals surface area contributed by atoms with E-state index in [1.54, 1.807) is 25.1 Å². The number of carbonyl (C=O) groups is 1. The molecule has 0 N–H and O–H groups in total. The number of amides is 1. The molecule has 114 valence electrons. The van der Waals surface area contributed by atoms with Gasteiger partial charge < -0.3 is 0 Å². The Kier molecular flexibility index (Phi) is 3.72. The quantitative estimate of drug-likeness (QED) is 0.495. The molecule has 0 fully saturated rings. The monoisotopic (exact) mass is 307 g/mol. The number of anilines is 1. The third-order valence-electron chi connectivity index (χ3n) is 3.48. The Labute approximate surface area is 132 Å². The van der Waals surface area contributed by atoms with E-state index >= 15 is 0 Å². The summed E-state index contributed by atoms with van der Waals surface area (Å²) in [6.07, 6.45) is 1.69. The van der Waals surface area contributed by atoms with Gasteiger partial charge >= 0.3 is 0 Å². The maximum Gasteiger partial charge on any atom is 0.280 e. The van der Waals surface area contributed by atoms with Crippen LogP contribution in [0.25, 0.3) is 6.08 Å². The molecule has 0 aromatic heterocycles. The fourth-order valence-electron chi connectivity index (χ4n) is 2.29. The summed E-state index contributed by atoms with van der Waals surface area (Å²) < 4.78 is 0. The van der Waals surface area contributed by atoms with Crippen molar-refractivity contribution in [3.8, 4) is 0 Å². The zero-order valence-corrected chi connectivity index (χ0v) is 12.3. The zero-order valence-electron chi connectivity index (χ0n) is 12.3. The standard InChI is InChI=1S/C17H13N3O3/c1-12-16(11-13-7-9-15(10-8-13)20(22)23)17(21)19(18-12)14-5-3-2-4-6-14/h2-11H,1H3/b16-11+. The number of nitro benzene ring substituents is 1. The molecule has 23 heavy (non-hydrogen) atoms. The molecule has 0 radical (unpaired) electrons. The lowest BCUT2D eigenvalue weighted by Crippen LogP contribution is -2.21. The van der Waals surface area contributed by atoms with Gasteiger partial charge in [-0.1, -0.05) is 18.2 Å². The van der Waals surface area contributed by atoms with Crippen LogP contribution in [-0.2, 0) is 4.79 Å². The number of nitro groups is 1. The lowest BCUT2D eigenvalue weighted by Gasteiger charge is -2.10. The van der Waals surface area contributed by atoms with Gasteiger partial charge in [-0.15, -0.1) is 0 Å². The van der Waals surface area contributed by atoms with Crippen molar-refractivity contribution >= 4 is 29.1 Å². The molecule has 0 spiro atoms. The van der Waals surface area contributed by atoms with Gasteiger partial charge in [0.2, 0.25) is 0 Å². The topological polar surface area (TPSA) is 75.8 Å². The highest BCUT2D eigenvalue weighted by Crippen LogP contribution is 2.25. The first-order chi connectivity index (χ1) is 11.1. The number of non-ortho nitro benzene ring substituents is 1. The number of hydrogen-bond acceptors (Lipinski definition) is 4. The van der Waals surface area contributed by atoms with Crippen molar-refractivity contribution in [2.24, 2.45) is 5.10 Å². The molecule has 0 bridgehead atoms. The van der Waals surface area contributed by atoms with Crippen molar-refractivity contribution in [2.75, 3.05) is 5.01 Å². The summed E-state index contributed by atoms with van der Waals surface area (Å²) in [5, 5.41) is 16.3. The van der Waals surface area contributed by atoms with Crippen LogP contribution in [0.15, 0.2) is 65.3 Å². The highest BCUT2D eigenvalue weighted by molar-refractivity contribution is 6.32. The van der Waals surface area contributed by atoms with E-state index in [0.717, 1.165) is 0 Å². The van der Waals surface area contributed by atoms with Crippen LogP contribution < -0.4 is 5.01 Å². The number of hydrazone groups is 1. The van der Waals surface area contributed by atoms with Crippen molar-refractivity contribution in [3.05, 3.63) is 75.8 Å². The summed E-state index contributed by atoms with van der Waals surface area (Å²) in [6.45, 7) is 1.76. The Hall–Kier alpha value is -3.28. The second-order valence-corrected chi connectivity index (χ2v) is 5.04. The van der Waals surface area contributed by atoms with Crippen molar-refractivity contribution in [2.45, 2.75) is 6.92 Å². The number of carbonyl (C=O) groups excluding carboxylic acids is 1. The Bertz CT molecular complexity index is 824. The molecule has 1 aliphatic heterocycles. The smallest absolute Gasteiger partial charge is 0.267 e. The zero-order chi connectivity index (χ0) is 16.4. The van der Waals surface area contributed by atoms with Gasteiger partial charge in [0, 0.05) is 12.1 Å². The van der Waals surface area contributed by atoms with Gasteiger partial charge in [0.05, 0.1) is 21.9 Å². The van der Waals surface area contributed by atoms with Crippen LogP contribution in [0.4, 0.5) is 11.4 Å². The first-order valence-corrected chi connectivity index (χ1v) is 6.97. The van der Waals surface area contributed by atoms with Crippen LogP contribution in [-0.4, -0.2) is 16.5 Å². The Balaban J connectivity index is 1.90. The van der Waals surface area contributed by atoms with Crippen LogP contribution in [0.3, 0.4) is 0 Å². The Morgan fingerprint density at radius 2 is 1.74 bits per heavy atom. The minimum absolute atomic E-state index is 0.0150. The van der Waals surface area contributed by atoms with E-state index in [1.807, 2.05) is 30.3 Å².